The van der Waals surface area contributed by atoms with E-state index in [1.54, 1.807) is 0 Å². The summed E-state index contributed by atoms with van der Waals surface area (Å²) in [7, 11) is 0. The average molecular weight is 620 g/mol. The van der Waals surface area contributed by atoms with Gasteiger partial charge in [0.05, 0.1) is 13.1 Å². The maximum absolute atomic E-state index is 4.04. The van der Waals surface area contributed by atoms with Crippen molar-refractivity contribution in [3.8, 4) is 0 Å². The Kier molecular flexibility index (Phi) is 12.1. The molecule has 3 aliphatic rings. The second-order valence-electron chi connectivity index (χ2n) is 17.8. The van der Waals surface area contributed by atoms with Crippen molar-refractivity contribution in [2.24, 2.45) is 10.8 Å². The van der Waals surface area contributed by atoms with E-state index in [9.17, 15) is 0 Å². The molecule has 0 bridgehead atoms. The zero-order valence-corrected chi connectivity index (χ0v) is 32.3. The first-order valence-electron chi connectivity index (χ1n) is 18.2. The number of hydrogen-bond donors (Lipinski definition) is 0. The van der Waals surface area contributed by atoms with Crippen LogP contribution in [0, 0.1) is 23.9 Å². The predicted molar refractivity (Wildman–Crippen MR) is 203 cm³/mol. The zero-order chi connectivity index (χ0) is 33.5. The molecule has 0 aromatic heterocycles. The van der Waals surface area contributed by atoms with Gasteiger partial charge < -0.3 is 9.80 Å². The van der Waals surface area contributed by atoms with E-state index in [4.69, 9.17) is 0 Å². The van der Waals surface area contributed by atoms with Crippen molar-refractivity contribution in [3.05, 3.63) is 71.7 Å². The van der Waals surface area contributed by atoms with E-state index < -0.39 is 0 Å². The maximum Gasteiger partial charge on any atom is 0.0985 e. The molecule has 1 saturated carbocycles. The molecule has 6 radical (unpaired) electrons. The summed E-state index contributed by atoms with van der Waals surface area (Å²) in [4.78, 5) is 5.00. The molecule has 3 heteroatoms. The third-order valence-electron chi connectivity index (χ3n) is 10.6. The minimum atomic E-state index is 0. The summed E-state index contributed by atoms with van der Waals surface area (Å²) in [5.74, 6) is 2.14. The first kappa shape index (κ1) is 38.7. The Morgan fingerprint density at radius 2 is 0.870 bits per heavy atom. The van der Waals surface area contributed by atoms with Crippen molar-refractivity contribution < 1.29 is 0 Å². The van der Waals surface area contributed by atoms with Gasteiger partial charge in [-0.05, 0) is 105 Å². The molecule has 2 aromatic rings. The number of rotatable bonds is 6. The van der Waals surface area contributed by atoms with Crippen LogP contribution >= 0.6 is 0 Å². The Bertz CT molecular complexity index is 1240. The summed E-state index contributed by atoms with van der Waals surface area (Å²) in [5.41, 5.74) is 9.45. The molecule has 0 atom stereocenters. The van der Waals surface area contributed by atoms with Gasteiger partial charge in [-0.1, -0.05) is 125 Å². The maximum atomic E-state index is 4.04. The van der Waals surface area contributed by atoms with Crippen LogP contribution in [-0.2, 0) is 0 Å². The van der Waals surface area contributed by atoms with Gasteiger partial charge in [-0.3, -0.25) is 0 Å². The molecular weight excluding hydrogens is 553 g/mol. The van der Waals surface area contributed by atoms with Crippen molar-refractivity contribution >= 4 is 21.5 Å². The first-order chi connectivity index (χ1) is 20.8. The van der Waals surface area contributed by atoms with Gasteiger partial charge >= 0.3 is 0 Å². The molecule has 250 valence electrons. The first-order valence-corrected chi connectivity index (χ1v) is 18.2. The average Bonchev–Trinajstić information content (AvgIpc) is 3.33. The van der Waals surface area contributed by atoms with Gasteiger partial charge in [0.25, 0.3) is 0 Å². The fourth-order valence-electron chi connectivity index (χ4n) is 8.76. The number of hydrogen-bond acceptors (Lipinski definition) is 2. The second-order valence-corrected chi connectivity index (χ2v) is 17.8. The number of nitrogens with zero attached hydrogens (tertiary/aromatic N) is 2. The van der Waals surface area contributed by atoms with Gasteiger partial charge in [0.15, 0.2) is 0 Å². The van der Waals surface area contributed by atoms with Crippen LogP contribution < -0.4 is 9.80 Å². The van der Waals surface area contributed by atoms with E-state index in [1.807, 2.05) is 0 Å². The van der Waals surface area contributed by atoms with Crippen molar-refractivity contribution in [2.45, 2.75) is 177 Å². The Balaban J connectivity index is 0.000000247. The van der Waals surface area contributed by atoms with Crippen molar-refractivity contribution in [1.82, 2.24) is 0 Å². The van der Waals surface area contributed by atoms with E-state index in [-0.39, 0.29) is 26.6 Å². The van der Waals surface area contributed by atoms with Crippen LogP contribution in [0.3, 0.4) is 0 Å². The molecule has 5 rings (SSSR count). The molecule has 1 aliphatic carbocycles. The van der Waals surface area contributed by atoms with E-state index in [0.29, 0.717) is 29.1 Å². The molecule has 2 nitrogen and oxygen atoms in total. The normalized spacial score (nSPS) is 21.3. The largest absolute Gasteiger partial charge is 0.355 e. The number of benzene rings is 2. The van der Waals surface area contributed by atoms with Crippen molar-refractivity contribution in [1.29, 1.82) is 0 Å². The number of para-hydroxylation sites is 2. The van der Waals surface area contributed by atoms with Crippen molar-refractivity contribution in [3.63, 3.8) is 0 Å². The van der Waals surface area contributed by atoms with Crippen LogP contribution in [0.25, 0.3) is 0 Å². The molecule has 1 spiro atoms. The Labute approximate surface area is 289 Å². The van der Waals surface area contributed by atoms with Gasteiger partial charge in [-0.2, -0.15) is 0 Å². The monoisotopic (exact) mass is 620 g/mol. The van der Waals surface area contributed by atoms with Crippen LogP contribution in [0.4, 0.5) is 11.4 Å². The third-order valence-corrected chi connectivity index (χ3v) is 10.6. The summed E-state index contributed by atoms with van der Waals surface area (Å²) < 4.78 is 0. The predicted octanol–water partition coefficient (Wildman–Crippen LogP) is 12.5. The van der Waals surface area contributed by atoms with Crippen LogP contribution in [0.15, 0.2) is 36.4 Å². The van der Waals surface area contributed by atoms with Gasteiger partial charge in [0.2, 0.25) is 0 Å². The third kappa shape index (κ3) is 8.08. The van der Waals surface area contributed by atoms with Crippen molar-refractivity contribution in [2.75, 3.05) is 9.80 Å². The van der Waals surface area contributed by atoms with Crippen LogP contribution in [-0.4, -0.2) is 21.2 Å². The molecule has 2 aliphatic heterocycles. The Morgan fingerprint density at radius 1 is 0.522 bits per heavy atom. The molecular formula is C43H66BeN2. The van der Waals surface area contributed by atoms with E-state index in [0.717, 1.165) is 6.42 Å². The smallest absolute Gasteiger partial charge is 0.0985 e. The van der Waals surface area contributed by atoms with E-state index in [1.165, 1.54) is 72.2 Å². The zero-order valence-electron chi connectivity index (χ0n) is 32.3. The second kappa shape index (κ2) is 14.4. The standard InChI is InChI=1S/C23H35N.C20H31N.Be/c1-17(2)19-11-10-12-20(18(3)4)21(19)24-16-23(15-22(24,5)6)13-8-7-9-14-23;1-14(2)16-10-9-11-17(15(3)4)18(16)21-13-19(5,6)12-20(21,7)8;/h10-12,17-18H,7-9,13-15H2,1-6H3;9-11,14-15H,12H2,1-8H3;. The molecule has 2 heterocycles. The molecule has 0 unspecified atom stereocenters. The minimum absolute atomic E-state index is 0. The summed E-state index contributed by atoms with van der Waals surface area (Å²) in [6.07, 6.45) is 9.21. The SMILES string of the molecule is CC(C)c1cccc(C(C)C)c1N1[C]C(C)(C)CC1(C)C.CC(C)c1cccc(C(C)C)c1N1[C]C2(CCCCC2)CC1(C)C.[Be]. The van der Waals surface area contributed by atoms with Crippen LogP contribution in [0.2, 0.25) is 0 Å². The fourth-order valence-corrected chi connectivity index (χ4v) is 8.76. The number of anilines is 2. The molecule has 0 N–H and O–H groups in total. The molecule has 0 amide bonds. The molecule has 3 fully saturated rings. The summed E-state index contributed by atoms with van der Waals surface area (Å²) in [6.45, 7) is 40.4. The molecule has 46 heavy (non-hydrogen) atoms. The van der Waals surface area contributed by atoms with Gasteiger partial charge in [-0.15, -0.1) is 0 Å². The van der Waals surface area contributed by atoms with Crippen LogP contribution in [0.5, 0.6) is 0 Å². The summed E-state index contributed by atoms with van der Waals surface area (Å²) in [6, 6.07) is 13.7. The van der Waals surface area contributed by atoms with E-state index >= 15 is 0 Å². The fraction of sp³-hybridized carbons (Fsp3) is 0.674. The van der Waals surface area contributed by atoms with Gasteiger partial charge in [0, 0.05) is 38.0 Å². The van der Waals surface area contributed by atoms with E-state index in [2.05, 4.69) is 156 Å². The quantitative estimate of drug-likeness (QED) is 0.297. The van der Waals surface area contributed by atoms with Crippen LogP contribution in [0.1, 0.15) is 188 Å². The Morgan fingerprint density at radius 3 is 1.20 bits per heavy atom. The molecule has 2 aromatic carbocycles. The summed E-state index contributed by atoms with van der Waals surface area (Å²) in [5, 5.41) is 0. The van der Waals surface area contributed by atoms with Gasteiger partial charge in [0.1, 0.15) is 0 Å². The topological polar surface area (TPSA) is 6.48 Å². The molecule has 2 saturated heterocycles. The van der Waals surface area contributed by atoms with Gasteiger partial charge in [-0.25, -0.2) is 0 Å². The minimum Gasteiger partial charge on any atom is -0.355 e. The summed E-state index contributed by atoms with van der Waals surface area (Å²) >= 11 is 0. The Hall–Kier alpha value is -1.79.